The van der Waals surface area contributed by atoms with Crippen LogP contribution in [-0.2, 0) is 21.4 Å². The lowest BCUT2D eigenvalue weighted by Gasteiger charge is -2.40. The highest BCUT2D eigenvalue weighted by Gasteiger charge is 2.39. The van der Waals surface area contributed by atoms with Gasteiger partial charge < -0.3 is 20.4 Å². The van der Waals surface area contributed by atoms with Crippen molar-refractivity contribution >= 4 is 29.1 Å². The molecule has 3 N–H and O–H groups in total. The standard InChI is InChI=1S/C35H39FN4O5S/c1-20(33(44)45)40(35(5,6)7)32(43)27(39-31(42)28-14-15-29(46-28)34(2,3)4)16-21-8-10-22(11-9-21)30-37-18-23(19-38-30)25-13-12-24(41)17-26(25)36/h8-15,17-20,27,41H,16H2,1-7H3,(H,39,42)(H,44,45). The minimum absolute atomic E-state index is 0.112. The van der Waals surface area contributed by atoms with Crippen LogP contribution in [0.2, 0.25) is 0 Å². The van der Waals surface area contributed by atoms with Crippen LogP contribution < -0.4 is 5.32 Å². The predicted molar refractivity (Wildman–Crippen MR) is 176 cm³/mol. The molecule has 0 radical (unpaired) electrons. The molecular weight excluding hydrogens is 607 g/mol. The number of phenolic OH excluding ortho intramolecular Hbond substituents is 1. The van der Waals surface area contributed by atoms with E-state index in [9.17, 15) is 29.0 Å². The van der Waals surface area contributed by atoms with Gasteiger partial charge in [-0.05, 0) is 62.9 Å². The van der Waals surface area contributed by atoms with E-state index in [0.717, 1.165) is 16.5 Å². The molecule has 11 heteroatoms. The number of halogens is 1. The normalized spacial score (nSPS) is 13.1. The summed E-state index contributed by atoms with van der Waals surface area (Å²) in [5, 5.41) is 22.2. The predicted octanol–water partition coefficient (Wildman–Crippen LogP) is 6.46. The minimum atomic E-state index is -1.15. The van der Waals surface area contributed by atoms with Gasteiger partial charge in [-0.1, -0.05) is 45.0 Å². The highest BCUT2D eigenvalue weighted by Crippen LogP contribution is 2.30. The maximum Gasteiger partial charge on any atom is 0.326 e. The average molecular weight is 647 g/mol. The lowest BCUT2D eigenvalue weighted by Crippen LogP contribution is -2.60. The number of aromatic hydroxyl groups is 1. The van der Waals surface area contributed by atoms with Crippen molar-refractivity contribution in [2.24, 2.45) is 0 Å². The summed E-state index contributed by atoms with van der Waals surface area (Å²) in [6.45, 7) is 12.9. The lowest BCUT2D eigenvalue weighted by atomic mass is 9.95. The van der Waals surface area contributed by atoms with Gasteiger partial charge in [-0.2, -0.15) is 0 Å². The first-order valence-corrected chi connectivity index (χ1v) is 15.6. The Morgan fingerprint density at radius 3 is 2.09 bits per heavy atom. The quantitative estimate of drug-likeness (QED) is 0.190. The fraction of sp³-hybridized carbons (Fsp3) is 0.343. The summed E-state index contributed by atoms with van der Waals surface area (Å²) >= 11 is 1.36. The molecule has 0 spiro atoms. The zero-order valence-corrected chi connectivity index (χ0v) is 27.8. The van der Waals surface area contributed by atoms with Crippen LogP contribution in [0, 0.1) is 5.82 Å². The molecule has 2 unspecified atom stereocenters. The monoisotopic (exact) mass is 646 g/mol. The molecule has 2 amide bonds. The molecule has 2 aromatic heterocycles. The van der Waals surface area contributed by atoms with E-state index in [1.54, 1.807) is 51.1 Å². The largest absolute Gasteiger partial charge is 0.508 e. The van der Waals surface area contributed by atoms with E-state index in [1.807, 2.05) is 6.07 Å². The second-order valence-electron chi connectivity index (χ2n) is 13.2. The molecule has 0 fully saturated rings. The molecule has 0 aliphatic carbocycles. The number of nitrogens with one attached hydrogen (secondary N) is 1. The van der Waals surface area contributed by atoms with Crippen LogP contribution in [-0.4, -0.2) is 60.5 Å². The third kappa shape index (κ3) is 7.95. The first-order valence-electron chi connectivity index (χ1n) is 14.8. The van der Waals surface area contributed by atoms with Gasteiger partial charge in [0.1, 0.15) is 23.7 Å². The topological polar surface area (TPSA) is 133 Å². The van der Waals surface area contributed by atoms with Crippen molar-refractivity contribution in [2.45, 2.75) is 77.9 Å². The second kappa shape index (κ2) is 13.4. The van der Waals surface area contributed by atoms with Crippen molar-refractivity contribution < 1.29 is 29.0 Å². The molecule has 0 saturated heterocycles. The molecule has 0 aliphatic heterocycles. The first-order chi connectivity index (χ1) is 21.5. The van der Waals surface area contributed by atoms with E-state index < -0.39 is 41.2 Å². The fourth-order valence-electron chi connectivity index (χ4n) is 5.05. The van der Waals surface area contributed by atoms with E-state index in [-0.39, 0.29) is 23.1 Å². The third-order valence-electron chi connectivity index (χ3n) is 7.44. The van der Waals surface area contributed by atoms with Crippen LogP contribution in [0.5, 0.6) is 5.75 Å². The van der Waals surface area contributed by atoms with Gasteiger partial charge in [0.15, 0.2) is 5.82 Å². The number of thiophene rings is 1. The molecule has 0 bridgehead atoms. The molecule has 0 aliphatic rings. The molecule has 9 nitrogen and oxygen atoms in total. The Hall–Kier alpha value is -4.64. The average Bonchev–Trinajstić information content (AvgIpc) is 3.48. The van der Waals surface area contributed by atoms with Gasteiger partial charge in [-0.3, -0.25) is 9.59 Å². The molecule has 2 aromatic carbocycles. The van der Waals surface area contributed by atoms with Crippen molar-refractivity contribution in [3.8, 4) is 28.3 Å². The van der Waals surface area contributed by atoms with Gasteiger partial charge >= 0.3 is 5.97 Å². The molecule has 242 valence electrons. The number of phenols is 1. The van der Waals surface area contributed by atoms with Crippen LogP contribution in [0.1, 0.15) is 68.6 Å². The maximum atomic E-state index is 14.3. The summed E-state index contributed by atoms with van der Waals surface area (Å²) < 4.78 is 14.3. The van der Waals surface area contributed by atoms with Gasteiger partial charge in [0.2, 0.25) is 5.91 Å². The van der Waals surface area contributed by atoms with Gasteiger partial charge in [0, 0.05) is 52.0 Å². The zero-order chi connectivity index (χ0) is 34.0. The number of amides is 2. The third-order valence-corrected chi connectivity index (χ3v) is 8.95. The number of carbonyl (C=O) groups excluding carboxylic acids is 2. The number of carboxylic acid groups (broad SMARTS) is 1. The Morgan fingerprint density at radius 1 is 0.935 bits per heavy atom. The van der Waals surface area contributed by atoms with Crippen LogP contribution in [0.4, 0.5) is 4.39 Å². The van der Waals surface area contributed by atoms with E-state index >= 15 is 0 Å². The summed E-state index contributed by atoms with van der Waals surface area (Å²) in [5.41, 5.74) is 1.13. The molecule has 46 heavy (non-hydrogen) atoms. The summed E-state index contributed by atoms with van der Waals surface area (Å²) in [4.78, 5) is 51.0. The molecule has 2 atom stereocenters. The SMILES string of the molecule is CC(C(=O)O)N(C(=O)C(Cc1ccc(-c2ncc(-c3ccc(O)cc3F)cn2)cc1)NC(=O)c1ccc(C(C)(C)C)s1)C(C)(C)C. The van der Waals surface area contributed by atoms with Gasteiger partial charge in [0.05, 0.1) is 4.88 Å². The number of aromatic nitrogens is 2. The Balaban J connectivity index is 1.60. The van der Waals surface area contributed by atoms with Crippen molar-refractivity contribution in [3.05, 3.63) is 88.1 Å². The van der Waals surface area contributed by atoms with E-state index in [4.69, 9.17) is 0 Å². The summed E-state index contributed by atoms with van der Waals surface area (Å²) in [5.74, 6) is -2.43. The molecule has 4 rings (SSSR count). The van der Waals surface area contributed by atoms with Crippen LogP contribution in [0.25, 0.3) is 22.5 Å². The summed E-state index contributed by atoms with van der Waals surface area (Å²) in [6, 6.07) is 12.5. The fourth-order valence-corrected chi connectivity index (χ4v) is 6.02. The number of benzene rings is 2. The van der Waals surface area contributed by atoms with E-state index in [2.05, 4.69) is 36.1 Å². The van der Waals surface area contributed by atoms with Crippen LogP contribution in [0.3, 0.4) is 0 Å². The number of nitrogens with zero attached hydrogens (tertiary/aromatic N) is 3. The van der Waals surface area contributed by atoms with Gasteiger partial charge in [-0.25, -0.2) is 19.2 Å². The van der Waals surface area contributed by atoms with Crippen molar-refractivity contribution in [2.75, 3.05) is 0 Å². The van der Waals surface area contributed by atoms with Crippen LogP contribution >= 0.6 is 11.3 Å². The Bertz CT molecular complexity index is 1720. The first kappa shape index (κ1) is 34.2. The van der Waals surface area contributed by atoms with Gasteiger partial charge in [0.25, 0.3) is 5.91 Å². The minimum Gasteiger partial charge on any atom is -0.508 e. The molecule has 0 saturated carbocycles. The molecule has 4 aromatic rings. The molecule has 2 heterocycles. The summed E-state index contributed by atoms with van der Waals surface area (Å²) in [7, 11) is 0. The Kier molecular flexibility index (Phi) is 9.96. The van der Waals surface area contributed by atoms with Crippen LogP contribution in [0.15, 0.2) is 67.0 Å². The number of aliphatic carboxylic acids is 1. The smallest absolute Gasteiger partial charge is 0.326 e. The zero-order valence-electron chi connectivity index (χ0n) is 27.0. The van der Waals surface area contributed by atoms with Gasteiger partial charge in [-0.15, -0.1) is 11.3 Å². The number of carboxylic acids is 1. The second-order valence-corrected chi connectivity index (χ2v) is 14.3. The number of carbonyl (C=O) groups is 3. The Morgan fingerprint density at radius 2 is 1.57 bits per heavy atom. The summed E-state index contributed by atoms with van der Waals surface area (Å²) in [6.07, 6.45) is 3.10. The number of rotatable bonds is 9. The Labute approximate surface area is 272 Å². The maximum absolute atomic E-state index is 14.3. The highest BCUT2D eigenvalue weighted by molar-refractivity contribution is 7.14. The van der Waals surface area contributed by atoms with Crippen molar-refractivity contribution in [1.29, 1.82) is 0 Å². The molecular formula is C35H39FN4O5S. The number of hydrogen-bond donors (Lipinski definition) is 3. The van der Waals surface area contributed by atoms with E-state index in [0.29, 0.717) is 21.8 Å². The lowest BCUT2D eigenvalue weighted by molar-refractivity contribution is -0.155. The van der Waals surface area contributed by atoms with Crippen molar-refractivity contribution in [1.82, 2.24) is 20.2 Å². The number of hydrogen-bond acceptors (Lipinski definition) is 7. The highest BCUT2D eigenvalue weighted by atomic mass is 32.1. The van der Waals surface area contributed by atoms with E-state index in [1.165, 1.54) is 47.7 Å². The van der Waals surface area contributed by atoms with Crippen molar-refractivity contribution in [3.63, 3.8) is 0 Å².